The molecule has 1 unspecified atom stereocenters. The number of imidazole rings is 1. The minimum atomic E-state index is 0.626. The fourth-order valence-electron chi connectivity index (χ4n) is 10.7. The number of anilines is 10. The molecule has 0 bridgehead atoms. The maximum Gasteiger partial charge on any atom is 0.0949 e. The van der Waals surface area contributed by atoms with E-state index in [-0.39, 0.29) is 0 Å². The van der Waals surface area contributed by atoms with Crippen LogP contribution in [0.4, 0.5) is 56.9 Å². The average molecular weight is 1080 g/mol. The molecule has 5 aliphatic rings. The molecule has 0 saturated carbocycles. The van der Waals surface area contributed by atoms with Crippen molar-refractivity contribution in [2.24, 2.45) is 0 Å². The highest BCUT2D eigenvalue weighted by atomic mass is 15.3. The lowest BCUT2D eigenvalue weighted by Crippen LogP contribution is -2.49. The van der Waals surface area contributed by atoms with Gasteiger partial charge in [0, 0.05) is 153 Å². The molecule has 7 aromatic heterocycles. The van der Waals surface area contributed by atoms with Crippen LogP contribution in [0.2, 0.25) is 0 Å². The Balaban J connectivity index is 0.000000130. The van der Waals surface area contributed by atoms with Gasteiger partial charge in [-0.1, -0.05) is 6.92 Å². The van der Waals surface area contributed by atoms with Crippen LogP contribution < -0.4 is 53.2 Å². The van der Waals surface area contributed by atoms with Gasteiger partial charge in [-0.3, -0.25) is 29.8 Å². The number of likely N-dealkylation sites (N-methyl/N-ethyl adjacent to an activating group) is 2. The Morgan fingerprint density at radius 3 is 1.37 bits per heavy atom. The molecule has 79 heavy (non-hydrogen) atoms. The second-order valence-electron chi connectivity index (χ2n) is 21.0. The van der Waals surface area contributed by atoms with Gasteiger partial charge in [-0.2, -0.15) is 0 Å². The Bertz CT molecular complexity index is 2830. The first-order valence-electron chi connectivity index (χ1n) is 27.8. The quantitative estimate of drug-likeness (QED) is 0.125. The summed E-state index contributed by atoms with van der Waals surface area (Å²) in [6.07, 6.45) is 26.0. The number of hydrogen-bond donors (Lipinski definition) is 5. The fraction of sp³-hybridized carbons (Fsp3) is 0.448. The number of fused-ring (bicyclic) bond motifs is 2. The largest absolute Gasteiger partial charge is 0.396 e. The molecule has 0 spiro atoms. The number of nitrogens with two attached hydrogens (primary N) is 5. The summed E-state index contributed by atoms with van der Waals surface area (Å²) in [4.78, 5) is 43.1. The lowest BCUT2D eigenvalue weighted by atomic mass is 10.0. The average Bonchev–Trinajstić information content (AvgIpc) is 4.19. The van der Waals surface area contributed by atoms with Gasteiger partial charge in [0.15, 0.2) is 0 Å². The van der Waals surface area contributed by atoms with E-state index in [4.69, 9.17) is 28.7 Å². The molecule has 3 fully saturated rings. The van der Waals surface area contributed by atoms with Gasteiger partial charge in [0.2, 0.25) is 0 Å². The van der Waals surface area contributed by atoms with Crippen molar-refractivity contribution in [1.29, 1.82) is 0 Å². The lowest BCUT2D eigenvalue weighted by molar-refractivity contribution is 0.209. The molecule has 5 aliphatic heterocycles. The van der Waals surface area contributed by atoms with E-state index >= 15 is 0 Å². The van der Waals surface area contributed by atoms with Crippen LogP contribution in [-0.2, 0) is 26.2 Å². The summed E-state index contributed by atoms with van der Waals surface area (Å²) in [5.74, 6) is 0. The van der Waals surface area contributed by atoms with Gasteiger partial charge in [-0.05, 0) is 89.8 Å². The van der Waals surface area contributed by atoms with Gasteiger partial charge < -0.3 is 72.1 Å². The van der Waals surface area contributed by atoms with E-state index in [0.29, 0.717) is 12.1 Å². The number of aromatic nitrogens is 8. The first-order valence-corrected chi connectivity index (χ1v) is 27.8. The van der Waals surface area contributed by atoms with Gasteiger partial charge in [-0.15, -0.1) is 0 Å². The Labute approximate surface area is 467 Å². The fourth-order valence-corrected chi connectivity index (χ4v) is 10.7. The molecule has 0 aliphatic carbocycles. The molecule has 7 aromatic rings. The van der Waals surface area contributed by atoms with Crippen LogP contribution in [0.25, 0.3) is 0 Å². The Hall–Kier alpha value is -7.88. The molecule has 3 saturated heterocycles. The predicted molar refractivity (Wildman–Crippen MR) is 324 cm³/mol. The normalized spacial score (nSPS) is 17.5. The summed E-state index contributed by atoms with van der Waals surface area (Å²) in [7, 11) is 4.29. The molecular formula is C58H85N21. The zero-order chi connectivity index (χ0) is 55.7. The highest BCUT2D eigenvalue weighted by molar-refractivity contribution is 5.69. The maximum absolute atomic E-state index is 5.96. The zero-order valence-electron chi connectivity index (χ0n) is 47.2. The monoisotopic (exact) mass is 1080 g/mol. The van der Waals surface area contributed by atoms with Crippen molar-refractivity contribution < 1.29 is 0 Å². The zero-order valence-corrected chi connectivity index (χ0v) is 47.2. The van der Waals surface area contributed by atoms with Gasteiger partial charge in [-0.25, -0.2) is 4.98 Å². The van der Waals surface area contributed by atoms with E-state index in [2.05, 4.69) is 131 Å². The van der Waals surface area contributed by atoms with Crippen LogP contribution in [0.5, 0.6) is 0 Å². The molecule has 12 heterocycles. The number of nitrogen functional groups attached to an aromatic ring is 5. The number of rotatable bonds is 8. The van der Waals surface area contributed by atoms with E-state index in [1.807, 2.05) is 49.1 Å². The smallest absolute Gasteiger partial charge is 0.0949 e. The Kier molecular flexibility index (Phi) is 20.4. The van der Waals surface area contributed by atoms with Crippen molar-refractivity contribution in [3.63, 3.8) is 0 Å². The van der Waals surface area contributed by atoms with Gasteiger partial charge >= 0.3 is 0 Å². The number of piperidine rings is 1. The first-order chi connectivity index (χ1) is 38.4. The van der Waals surface area contributed by atoms with Crippen LogP contribution in [0.1, 0.15) is 45.0 Å². The summed E-state index contributed by atoms with van der Waals surface area (Å²) < 4.78 is 4.46. The summed E-state index contributed by atoms with van der Waals surface area (Å²) in [6.45, 7) is 24.4. The van der Waals surface area contributed by atoms with E-state index < -0.39 is 0 Å². The molecule has 0 amide bonds. The third kappa shape index (κ3) is 15.5. The van der Waals surface area contributed by atoms with Crippen molar-refractivity contribution in [1.82, 2.24) is 53.7 Å². The number of nitrogens with zero attached hydrogens (tertiary/aromatic N) is 16. The SMILES string of the molecule is CC(C)N1CCN(c2ccncc2N)CC1.CCN1CCN(c2ccncc2N)CC1.CN(C)C1CCCN(c2ccncc2N)C1.Nc1cnccc1N1CCn2cccc2C1.Nc1cnccc1N1CCn2cncc2C1. The standard InChI is InChI=1S/C12H14N4.2C12H20N4.C11H13N5.C11H18N4/c13-11-8-14-4-3-12(11)16-7-6-15-5-1-2-10(15)9-16;1-10(2)15-5-7-16(8-6-15)12-3-4-14-9-11(12)13;1-15(2)10-4-3-7-16(9-10)12-5-6-14-8-11(12)13;12-10-6-13-2-1-11(10)15-3-4-16-8-14-5-9(16)7-15;1-2-14-5-7-15(8-6-14)11-3-4-13-9-10(11)12/h1-5,8H,6-7,9,13H2;3-4,9-10H,5-8,13H2,1-2H3;5-6,8,10H,3-4,7,9,13H2,1-2H3;1-2,5-6,8H,3-4,7,12H2;3-4,9H,2,5-8,12H2,1H3. The van der Waals surface area contributed by atoms with Gasteiger partial charge in [0.1, 0.15) is 0 Å². The molecule has 10 N–H and O–H groups in total. The van der Waals surface area contributed by atoms with E-state index in [0.717, 1.165) is 168 Å². The van der Waals surface area contributed by atoms with Crippen LogP contribution in [0, 0.1) is 0 Å². The molecule has 0 aromatic carbocycles. The summed E-state index contributed by atoms with van der Waals surface area (Å²) in [5.41, 5.74) is 41.5. The van der Waals surface area contributed by atoms with Crippen LogP contribution in [-0.4, -0.2) is 165 Å². The number of hydrogen-bond acceptors (Lipinski definition) is 19. The molecule has 0 radical (unpaired) electrons. The molecule has 422 valence electrons. The van der Waals surface area contributed by atoms with Crippen molar-refractivity contribution in [3.05, 3.63) is 135 Å². The van der Waals surface area contributed by atoms with Gasteiger partial charge in [0.25, 0.3) is 0 Å². The van der Waals surface area contributed by atoms with Crippen molar-refractivity contribution in [2.75, 3.05) is 152 Å². The number of pyridine rings is 5. The second-order valence-corrected chi connectivity index (χ2v) is 21.0. The van der Waals surface area contributed by atoms with Crippen molar-refractivity contribution >= 4 is 56.9 Å². The third-order valence-electron chi connectivity index (χ3n) is 15.5. The highest BCUT2D eigenvalue weighted by Crippen LogP contribution is 2.29. The topological polar surface area (TPSA) is 243 Å². The highest BCUT2D eigenvalue weighted by Gasteiger charge is 2.24. The molecule has 1 atom stereocenters. The number of piperazine rings is 2. The Morgan fingerprint density at radius 1 is 0.481 bits per heavy atom. The lowest BCUT2D eigenvalue weighted by Gasteiger charge is -2.38. The summed E-state index contributed by atoms with van der Waals surface area (Å²) >= 11 is 0. The first kappa shape index (κ1) is 57.3. The minimum Gasteiger partial charge on any atom is -0.396 e. The predicted octanol–water partition coefficient (Wildman–Crippen LogP) is 5.56. The van der Waals surface area contributed by atoms with E-state index in [1.54, 1.807) is 55.8 Å². The minimum absolute atomic E-state index is 0.626. The van der Waals surface area contributed by atoms with Crippen LogP contribution >= 0.6 is 0 Å². The van der Waals surface area contributed by atoms with Crippen LogP contribution in [0.3, 0.4) is 0 Å². The van der Waals surface area contributed by atoms with E-state index in [1.165, 1.54) is 24.2 Å². The van der Waals surface area contributed by atoms with Crippen molar-refractivity contribution in [3.8, 4) is 0 Å². The van der Waals surface area contributed by atoms with Gasteiger partial charge in [0.05, 0.1) is 113 Å². The molecule has 12 rings (SSSR count). The molecular weight excluding hydrogens is 991 g/mol. The summed E-state index contributed by atoms with van der Waals surface area (Å²) in [5, 5.41) is 0. The van der Waals surface area contributed by atoms with Crippen molar-refractivity contribution in [2.45, 2.75) is 71.9 Å². The molecule has 21 nitrogen and oxygen atoms in total. The molecule has 21 heteroatoms. The third-order valence-corrected chi connectivity index (χ3v) is 15.5. The Morgan fingerprint density at radius 2 is 0.911 bits per heavy atom. The second kappa shape index (κ2) is 28.1. The van der Waals surface area contributed by atoms with Crippen LogP contribution in [0.15, 0.2) is 123 Å². The maximum atomic E-state index is 5.96. The summed E-state index contributed by atoms with van der Waals surface area (Å²) in [6, 6.07) is 15.5. The van der Waals surface area contributed by atoms with E-state index in [9.17, 15) is 0 Å².